The van der Waals surface area contributed by atoms with E-state index in [0.717, 1.165) is 13.0 Å². The van der Waals surface area contributed by atoms with E-state index in [-0.39, 0.29) is 11.5 Å². The molecule has 1 saturated carbocycles. The minimum atomic E-state index is 0.0967. The van der Waals surface area contributed by atoms with E-state index in [1.54, 1.807) is 0 Å². The average molecular weight is 299 g/mol. The molecule has 1 saturated heterocycles. The maximum Gasteiger partial charge on any atom is 0.103 e. The highest BCUT2D eigenvalue weighted by atomic mass is 79.9. The molecular formula is C14H23BrN2. The first-order valence-corrected chi connectivity index (χ1v) is 7.75. The molecule has 0 spiro atoms. The van der Waals surface area contributed by atoms with Crippen LogP contribution in [0.1, 0.15) is 52.4 Å². The Morgan fingerprint density at radius 2 is 1.88 bits per heavy atom. The molecule has 3 heteroatoms. The lowest BCUT2D eigenvalue weighted by Crippen LogP contribution is -2.56. The number of nitriles is 1. The molecule has 96 valence electrons. The van der Waals surface area contributed by atoms with Crippen molar-refractivity contribution in [1.29, 1.82) is 5.26 Å². The van der Waals surface area contributed by atoms with Gasteiger partial charge in [-0.3, -0.25) is 4.90 Å². The van der Waals surface area contributed by atoms with Crippen LogP contribution in [0.4, 0.5) is 0 Å². The van der Waals surface area contributed by atoms with Gasteiger partial charge in [0, 0.05) is 17.4 Å². The van der Waals surface area contributed by atoms with Gasteiger partial charge in [-0.2, -0.15) is 5.26 Å². The molecule has 2 atom stereocenters. The van der Waals surface area contributed by atoms with Crippen LogP contribution in [0.25, 0.3) is 0 Å². The summed E-state index contributed by atoms with van der Waals surface area (Å²) >= 11 is 3.78. The van der Waals surface area contributed by atoms with Crippen molar-refractivity contribution in [3.8, 4) is 6.07 Å². The second-order valence-corrected chi connectivity index (χ2v) is 7.61. The average Bonchev–Trinajstić information content (AvgIpc) is 2.28. The highest BCUT2D eigenvalue weighted by Gasteiger charge is 2.43. The fourth-order valence-corrected chi connectivity index (χ4v) is 4.72. The molecule has 0 radical (unpaired) electrons. The quantitative estimate of drug-likeness (QED) is 0.690. The zero-order valence-corrected chi connectivity index (χ0v) is 12.5. The smallest absolute Gasteiger partial charge is 0.103 e. The van der Waals surface area contributed by atoms with Gasteiger partial charge in [0.05, 0.1) is 6.07 Å². The van der Waals surface area contributed by atoms with Gasteiger partial charge >= 0.3 is 0 Å². The molecule has 17 heavy (non-hydrogen) atoms. The largest absolute Gasteiger partial charge is 0.283 e. The molecule has 0 aromatic rings. The Bertz CT molecular complexity index is 302. The number of rotatable bonds is 1. The molecule has 0 unspecified atom stereocenters. The monoisotopic (exact) mass is 298 g/mol. The van der Waals surface area contributed by atoms with E-state index in [4.69, 9.17) is 0 Å². The summed E-state index contributed by atoms with van der Waals surface area (Å²) in [6.07, 6.45) is 7.73. The summed E-state index contributed by atoms with van der Waals surface area (Å²) in [7, 11) is 0. The molecule has 1 aliphatic carbocycles. The van der Waals surface area contributed by atoms with E-state index in [1.165, 1.54) is 32.1 Å². The fraction of sp³-hybridized carbons (Fsp3) is 0.929. The Balaban J connectivity index is 2.15. The normalized spacial score (nSPS) is 35.4. The van der Waals surface area contributed by atoms with Crippen LogP contribution in [-0.4, -0.2) is 28.4 Å². The lowest BCUT2D eigenvalue weighted by atomic mass is 9.75. The Labute approximate surface area is 113 Å². The summed E-state index contributed by atoms with van der Waals surface area (Å²) in [6, 6.07) is 3.31. The van der Waals surface area contributed by atoms with Gasteiger partial charge < -0.3 is 0 Å². The number of nitrogens with zero attached hydrogens (tertiary/aromatic N) is 2. The van der Waals surface area contributed by atoms with Crippen molar-refractivity contribution in [3.05, 3.63) is 0 Å². The molecule has 0 amide bonds. The first-order chi connectivity index (χ1) is 8.04. The molecular weight excluding hydrogens is 276 g/mol. The maximum atomic E-state index is 9.51. The highest BCUT2D eigenvalue weighted by Crippen LogP contribution is 2.40. The van der Waals surface area contributed by atoms with Crippen LogP contribution in [0.3, 0.4) is 0 Å². The zero-order chi connectivity index (χ0) is 12.5. The van der Waals surface area contributed by atoms with Crippen LogP contribution < -0.4 is 0 Å². The maximum absolute atomic E-state index is 9.51. The number of likely N-dealkylation sites (tertiary alicyclic amines) is 1. The van der Waals surface area contributed by atoms with Gasteiger partial charge in [-0.15, -0.1) is 0 Å². The Hall–Kier alpha value is -0.0700. The number of halogens is 1. The van der Waals surface area contributed by atoms with Crippen LogP contribution in [0.5, 0.6) is 0 Å². The van der Waals surface area contributed by atoms with Crippen molar-refractivity contribution in [2.24, 2.45) is 5.41 Å². The van der Waals surface area contributed by atoms with E-state index in [2.05, 4.69) is 40.7 Å². The second kappa shape index (κ2) is 5.28. The SMILES string of the molecule is CC1(C)C[C@H](Br)CN(C2CCCCC2)[C@H]1C#N. The predicted molar refractivity (Wildman–Crippen MR) is 74.1 cm³/mol. The standard InChI is InChI=1S/C14H23BrN2/c1-14(2)8-11(15)10-17(13(14)9-16)12-6-4-3-5-7-12/h11-13H,3-8,10H2,1-2H3/t11-,13-/m0/s1. The summed E-state index contributed by atoms with van der Waals surface area (Å²) in [5.41, 5.74) is 0.110. The van der Waals surface area contributed by atoms with E-state index in [0.29, 0.717) is 10.9 Å². The van der Waals surface area contributed by atoms with Crippen LogP contribution in [0.2, 0.25) is 0 Å². The zero-order valence-electron chi connectivity index (χ0n) is 11.0. The molecule has 0 aromatic carbocycles. The number of piperidine rings is 1. The predicted octanol–water partition coefficient (Wildman–Crippen LogP) is 3.71. The van der Waals surface area contributed by atoms with Crippen molar-refractivity contribution in [3.63, 3.8) is 0 Å². The van der Waals surface area contributed by atoms with Gasteiger partial charge in [0.15, 0.2) is 0 Å². The van der Waals surface area contributed by atoms with Crippen molar-refractivity contribution in [2.45, 2.75) is 69.3 Å². The van der Waals surface area contributed by atoms with Gasteiger partial charge in [-0.1, -0.05) is 49.0 Å². The van der Waals surface area contributed by atoms with Gasteiger partial charge in [-0.25, -0.2) is 0 Å². The highest BCUT2D eigenvalue weighted by molar-refractivity contribution is 9.09. The molecule has 0 bridgehead atoms. The van der Waals surface area contributed by atoms with Crippen LogP contribution in [0, 0.1) is 16.7 Å². The van der Waals surface area contributed by atoms with E-state index < -0.39 is 0 Å². The lowest BCUT2D eigenvalue weighted by molar-refractivity contribution is 0.0282. The minimum Gasteiger partial charge on any atom is -0.283 e. The Morgan fingerprint density at radius 3 is 2.47 bits per heavy atom. The molecule has 2 fully saturated rings. The summed E-state index contributed by atoms with van der Waals surface area (Å²) in [5.74, 6) is 0. The molecule has 2 aliphatic rings. The third-order valence-corrected chi connectivity index (χ3v) is 5.01. The number of hydrogen-bond acceptors (Lipinski definition) is 2. The summed E-state index contributed by atoms with van der Waals surface area (Å²) in [5, 5.41) is 9.51. The van der Waals surface area contributed by atoms with Crippen molar-refractivity contribution in [2.75, 3.05) is 6.54 Å². The van der Waals surface area contributed by atoms with Crippen LogP contribution in [-0.2, 0) is 0 Å². The topological polar surface area (TPSA) is 27.0 Å². The van der Waals surface area contributed by atoms with Crippen molar-refractivity contribution < 1.29 is 0 Å². The molecule has 2 rings (SSSR count). The van der Waals surface area contributed by atoms with Gasteiger partial charge in [0.25, 0.3) is 0 Å². The first-order valence-electron chi connectivity index (χ1n) is 6.84. The third kappa shape index (κ3) is 2.85. The Morgan fingerprint density at radius 1 is 1.24 bits per heavy atom. The van der Waals surface area contributed by atoms with E-state index in [1.807, 2.05) is 0 Å². The fourth-order valence-electron chi connectivity index (χ4n) is 3.55. The van der Waals surface area contributed by atoms with Gasteiger partial charge in [-0.05, 0) is 24.7 Å². The molecule has 2 nitrogen and oxygen atoms in total. The number of alkyl halides is 1. The summed E-state index contributed by atoms with van der Waals surface area (Å²) < 4.78 is 0. The van der Waals surface area contributed by atoms with Gasteiger partial charge in [0.1, 0.15) is 6.04 Å². The lowest BCUT2D eigenvalue weighted by Gasteiger charge is -2.49. The first kappa shape index (κ1) is 13.4. The van der Waals surface area contributed by atoms with Crippen molar-refractivity contribution in [1.82, 2.24) is 4.90 Å². The Kier molecular flexibility index (Phi) is 4.15. The molecule has 1 aliphatic heterocycles. The number of hydrogen-bond donors (Lipinski definition) is 0. The third-order valence-electron chi connectivity index (χ3n) is 4.39. The second-order valence-electron chi connectivity index (χ2n) is 6.31. The van der Waals surface area contributed by atoms with Crippen LogP contribution in [0.15, 0.2) is 0 Å². The molecule has 0 aromatic heterocycles. The summed E-state index contributed by atoms with van der Waals surface area (Å²) in [6.45, 7) is 5.53. The van der Waals surface area contributed by atoms with Gasteiger partial charge in [0.2, 0.25) is 0 Å². The van der Waals surface area contributed by atoms with Crippen molar-refractivity contribution >= 4 is 15.9 Å². The summed E-state index contributed by atoms with van der Waals surface area (Å²) in [4.78, 5) is 3.03. The molecule has 1 heterocycles. The van der Waals surface area contributed by atoms with Crippen LogP contribution >= 0.6 is 15.9 Å². The minimum absolute atomic E-state index is 0.0967. The molecule has 0 N–H and O–H groups in total. The van der Waals surface area contributed by atoms with E-state index in [9.17, 15) is 5.26 Å². The van der Waals surface area contributed by atoms with E-state index >= 15 is 0 Å².